The van der Waals surface area contributed by atoms with Crippen LogP contribution < -0.4 is 10.1 Å². The number of carbonyl (C=O) groups is 1. The highest BCUT2D eigenvalue weighted by Crippen LogP contribution is 2.26. The van der Waals surface area contributed by atoms with Gasteiger partial charge in [-0.25, -0.2) is 9.37 Å². The fraction of sp³-hybridized carbons (Fsp3) is 0.111. The van der Waals surface area contributed by atoms with Gasteiger partial charge in [-0.2, -0.15) is 0 Å². The van der Waals surface area contributed by atoms with E-state index in [0.717, 1.165) is 16.9 Å². The topological polar surface area (TPSA) is 81.9 Å². The standard InChI is InChI=1S/C27H22FN5O2S2/c28-21-13-11-20(12-14-21)23-17-36-26(29-23)30-25(34)18-37-27-32-31-24(16-35-22-9-5-2-6-10-22)33(27)15-19-7-3-1-4-8-19/h1-14,17H,15-16,18H2,(H,29,30,34). The van der Waals surface area contributed by atoms with Gasteiger partial charge in [0.2, 0.25) is 5.91 Å². The predicted molar refractivity (Wildman–Crippen MR) is 143 cm³/mol. The Morgan fingerprint density at radius 2 is 1.70 bits per heavy atom. The molecule has 1 amide bonds. The number of halogens is 1. The summed E-state index contributed by atoms with van der Waals surface area (Å²) < 4.78 is 21.0. The fourth-order valence-corrected chi connectivity index (χ4v) is 4.98. The molecule has 2 aromatic heterocycles. The quantitative estimate of drug-likeness (QED) is 0.226. The number of benzene rings is 3. The normalized spacial score (nSPS) is 10.8. The molecule has 0 radical (unpaired) electrons. The van der Waals surface area contributed by atoms with Crippen LogP contribution in [0.25, 0.3) is 11.3 Å². The molecule has 0 spiro atoms. The van der Waals surface area contributed by atoms with Gasteiger partial charge in [-0.1, -0.05) is 60.3 Å². The Morgan fingerprint density at radius 1 is 0.973 bits per heavy atom. The first kappa shape index (κ1) is 24.7. The summed E-state index contributed by atoms with van der Waals surface area (Å²) in [6.45, 7) is 0.806. The zero-order valence-corrected chi connectivity index (χ0v) is 21.2. The molecule has 186 valence electrons. The second-order valence-corrected chi connectivity index (χ2v) is 9.75. The van der Waals surface area contributed by atoms with Crippen molar-refractivity contribution in [2.24, 2.45) is 0 Å². The Labute approximate surface area is 221 Å². The Bertz CT molecular complexity index is 1460. The van der Waals surface area contributed by atoms with Crippen LogP contribution >= 0.6 is 23.1 Å². The minimum atomic E-state index is -0.306. The van der Waals surface area contributed by atoms with Crippen molar-refractivity contribution in [3.05, 3.63) is 108 Å². The van der Waals surface area contributed by atoms with E-state index in [1.165, 1.54) is 35.2 Å². The number of nitrogens with one attached hydrogen (secondary N) is 1. The van der Waals surface area contributed by atoms with E-state index in [-0.39, 0.29) is 24.1 Å². The zero-order chi connectivity index (χ0) is 25.5. The van der Waals surface area contributed by atoms with Gasteiger partial charge in [0.25, 0.3) is 0 Å². The summed E-state index contributed by atoms with van der Waals surface area (Å²) >= 11 is 2.61. The molecule has 0 aliphatic rings. The molecule has 5 rings (SSSR count). The Morgan fingerprint density at radius 3 is 2.46 bits per heavy atom. The zero-order valence-electron chi connectivity index (χ0n) is 19.6. The summed E-state index contributed by atoms with van der Waals surface area (Å²) in [7, 11) is 0. The second-order valence-electron chi connectivity index (χ2n) is 7.95. The predicted octanol–water partition coefficient (Wildman–Crippen LogP) is 5.90. The molecule has 10 heteroatoms. The lowest BCUT2D eigenvalue weighted by molar-refractivity contribution is -0.113. The van der Waals surface area contributed by atoms with E-state index in [1.54, 1.807) is 12.1 Å². The lowest BCUT2D eigenvalue weighted by Gasteiger charge is -2.11. The van der Waals surface area contributed by atoms with E-state index in [9.17, 15) is 9.18 Å². The number of hydrogen-bond donors (Lipinski definition) is 1. The van der Waals surface area contributed by atoms with E-state index >= 15 is 0 Å². The van der Waals surface area contributed by atoms with E-state index in [2.05, 4.69) is 20.5 Å². The molecule has 2 heterocycles. The average Bonchev–Trinajstić information content (AvgIpc) is 3.55. The van der Waals surface area contributed by atoms with Crippen LogP contribution in [0.1, 0.15) is 11.4 Å². The maximum absolute atomic E-state index is 13.2. The summed E-state index contributed by atoms with van der Waals surface area (Å²) in [6, 6.07) is 25.6. The van der Waals surface area contributed by atoms with E-state index in [4.69, 9.17) is 4.74 Å². The van der Waals surface area contributed by atoms with Crippen molar-refractivity contribution in [1.29, 1.82) is 0 Å². The molecule has 0 aliphatic carbocycles. The molecule has 0 unspecified atom stereocenters. The monoisotopic (exact) mass is 531 g/mol. The number of aromatic nitrogens is 4. The van der Waals surface area contributed by atoms with Crippen molar-refractivity contribution in [3.63, 3.8) is 0 Å². The Hall–Kier alpha value is -4.02. The summed E-state index contributed by atoms with van der Waals surface area (Å²) in [5.41, 5.74) is 2.55. The van der Waals surface area contributed by atoms with Crippen LogP contribution in [0.15, 0.2) is 95.5 Å². The van der Waals surface area contributed by atoms with Crippen LogP contribution in [-0.4, -0.2) is 31.4 Å². The van der Waals surface area contributed by atoms with Crippen LogP contribution in [0.4, 0.5) is 9.52 Å². The number of anilines is 1. The first-order chi connectivity index (χ1) is 18.1. The van der Waals surface area contributed by atoms with Gasteiger partial charge >= 0.3 is 0 Å². The van der Waals surface area contributed by atoms with Crippen molar-refractivity contribution in [2.75, 3.05) is 11.1 Å². The lowest BCUT2D eigenvalue weighted by atomic mass is 10.2. The summed E-state index contributed by atoms with van der Waals surface area (Å²) in [5.74, 6) is 1.03. The molecule has 3 aromatic carbocycles. The number of amides is 1. The third-order valence-electron chi connectivity index (χ3n) is 5.31. The molecule has 7 nitrogen and oxygen atoms in total. The van der Waals surface area contributed by atoms with Crippen LogP contribution in [0, 0.1) is 5.82 Å². The third-order valence-corrected chi connectivity index (χ3v) is 7.04. The highest BCUT2D eigenvalue weighted by Gasteiger charge is 2.16. The van der Waals surface area contributed by atoms with Gasteiger partial charge in [-0.15, -0.1) is 21.5 Å². The molecule has 0 saturated heterocycles. The fourth-order valence-electron chi connectivity index (χ4n) is 3.49. The van der Waals surface area contributed by atoms with E-state index in [1.807, 2.05) is 70.6 Å². The number of rotatable bonds is 10. The largest absolute Gasteiger partial charge is 0.486 e. The number of para-hydroxylation sites is 1. The van der Waals surface area contributed by atoms with Crippen molar-refractivity contribution >= 4 is 34.1 Å². The molecule has 37 heavy (non-hydrogen) atoms. The van der Waals surface area contributed by atoms with Crippen molar-refractivity contribution in [1.82, 2.24) is 19.7 Å². The van der Waals surface area contributed by atoms with Gasteiger partial charge in [0.1, 0.15) is 18.2 Å². The van der Waals surface area contributed by atoms with Gasteiger partial charge in [-0.05, 0) is 42.0 Å². The molecule has 0 atom stereocenters. The van der Waals surface area contributed by atoms with Gasteiger partial charge in [0.05, 0.1) is 18.0 Å². The summed E-state index contributed by atoms with van der Waals surface area (Å²) in [5, 5.41) is 14.4. The Balaban J connectivity index is 1.24. The summed E-state index contributed by atoms with van der Waals surface area (Å²) in [4.78, 5) is 17.1. The van der Waals surface area contributed by atoms with Crippen molar-refractivity contribution in [3.8, 4) is 17.0 Å². The minimum absolute atomic E-state index is 0.137. The van der Waals surface area contributed by atoms with Gasteiger partial charge < -0.3 is 10.1 Å². The minimum Gasteiger partial charge on any atom is -0.486 e. The second kappa shape index (κ2) is 11.8. The van der Waals surface area contributed by atoms with Crippen LogP contribution in [0.2, 0.25) is 0 Å². The number of thioether (sulfide) groups is 1. The van der Waals surface area contributed by atoms with Crippen LogP contribution in [0.3, 0.4) is 0 Å². The van der Waals surface area contributed by atoms with Crippen molar-refractivity contribution in [2.45, 2.75) is 18.3 Å². The number of hydrogen-bond acceptors (Lipinski definition) is 7. The first-order valence-corrected chi connectivity index (χ1v) is 13.3. The van der Waals surface area contributed by atoms with Crippen molar-refractivity contribution < 1.29 is 13.9 Å². The SMILES string of the molecule is O=C(CSc1nnc(COc2ccccc2)n1Cc1ccccc1)Nc1nc(-c2ccc(F)cc2)cs1. The smallest absolute Gasteiger partial charge is 0.236 e. The summed E-state index contributed by atoms with van der Waals surface area (Å²) in [6.07, 6.45) is 0. The highest BCUT2D eigenvalue weighted by atomic mass is 32.2. The molecule has 0 saturated carbocycles. The molecule has 5 aromatic rings. The Kier molecular flexibility index (Phi) is 7.87. The molecule has 0 aliphatic heterocycles. The highest BCUT2D eigenvalue weighted by molar-refractivity contribution is 7.99. The van der Waals surface area contributed by atoms with Gasteiger partial charge in [0.15, 0.2) is 16.1 Å². The van der Waals surface area contributed by atoms with Crippen LogP contribution in [-0.2, 0) is 17.9 Å². The number of ether oxygens (including phenoxy) is 1. The van der Waals surface area contributed by atoms with E-state index < -0.39 is 0 Å². The molecule has 1 N–H and O–H groups in total. The third kappa shape index (κ3) is 6.60. The van der Waals surface area contributed by atoms with Gasteiger partial charge in [0, 0.05) is 10.9 Å². The number of nitrogens with zero attached hydrogens (tertiary/aromatic N) is 4. The average molecular weight is 532 g/mol. The molecular formula is C27H22FN5O2S2. The number of carbonyl (C=O) groups excluding carboxylic acids is 1. The molecule has 0 fully saturated rings. The van der Waals surface area contributed by atoms with Gasteiger partial charge in [-0.3, -0.25) is 9.36 Å². The maximum atomic E-state index is 13.2. The van der Waals surface area contributed by atoms with Crippen LogP contribution in [0.5, 0.6) is 5.75 Å². The van der Waals surface area contributed by atoms with E-state index in [0.29, 0.717) is 28.4 Å². The molecular weight excluding hydrogens is 509 g/mol. The molecule has 0 bridgehead atoms. The first-order valence-electron chi connectivity index (χ1n) is 11.4. The lowest BCUT2D eigenvalue weighted by Crippen LogP contribution is -2.15. The maximum Gasteiger partial charge on any atom is 0.236 e. The number of thiazole rings is 1.